The maximum absolute atomic E-state index is 13.2. The van der Waals surface area contributed by atoms with Crippen molar-refractivity contribution in [1.82, 2.24) is 19.7 Å². The number of aromatic nitrogens is 4. The fourth-order valence-electron chi connectivity index (χ4n) is 3.32. The largest absolute Gasteiger partial charge is 0.298 e. The van der Waals surface area contributed by atoms with Gasteiger partial charge in [-0.2, -0.15) is 10.4 Å². The molecule has 0 saturated heterocycles. The van der Waals surface area contributed by atoms with E-state index < -0.39 is 0 Å². The first kappa shape index (κ1) is 20.3. The number of amides is 1. The molecule has 158 valence electrons. The highest BCUT2D eigenvalue weighted by molar-refractivity contribution is 7.14. The molecule has 0 saturated carbocycles. The number of anilines is 1. The summed E-state index contributed by atoms with van der Waals surface area (Å²) in [6.45, 7) is 0. The van der Waals surface area contributed by atoms with Gasteiger partial charge in [0.05, 0.1) is 28.6 Å². The minimum Gasteiger partial charge on any atom is -0.298 e. The third-order valence-electron chi connectivity index (χ3n) is 4.90. The van der Waals surface area contributed by atoms with Gasteiger partial charge in [-0.25, -0.2) is 9.67 Å². The second kappa shape index (κ2) is 8.86. The molecule has 1 N–H and O–H groups in total. The molecule has 0 aliphatic carbocycles. The number of carbonyl (C=O) groups excluding carboxylic acids is 1. The van der Waals surface area contributed by atoms with Crippen LogP contribution in [-0.4, -0.2) is 25.7 Å². The van der Waals surface area contributed by atoms with Gasteiger partial charge in [-0.1, -0.05) is 48.5 Å². The van der Waals surface area contributed by atoms with Crippen LogP contribution in [0.4, 0.5) is 5.13 Å². The standard InChI is InChI=1S/C25H16N6OS/c26-14-17-11-12-27-21(13-17)22-16-33-25(28-22)29-24(32)20-15-31(19-9-5-2-6-10-19)30-23(20)18-7-3-1-4-8-18/h1-13,15-16H,(H,28,29,32). The number of thiazole rings is 1. The highest BCUT2D eigenvalue weighted by Crippen LogP contribution is 2.27. The number of pyridine rings is 1. The van der Waals surface area contributed by atoms with E-state index in [-0.39, 0.29) is 5.91 Å². The number of nitrogens with zero attached hydrogens (tertiary/aromatic N) is 5. The molecule has 5 aromatic rings. The van der Waals surface area contributed by atoms with Crippen LogP contribution >= 0.6 is 11.3 Å². The van der Waals surface area contributed by atoms with Crippen molar-refractivity contribution >= 4 is 22.4 Å². The Kier molecular flexibility index (Phi) is 5.45. The van der Waals surface area contributed by atoms with Crippen molar-refractivity contribution in [2.24, 2.45) is 0 Å². The zero-order chi connectivity index (χ0) is 22.6. The van der Waals surface area contributed by atoms with E-state index in [9.17, 15) is 4.79 Å². The van der Waals surface area contributed by atoms with Crippen LogP contribution in [0.25, 0.3) is 28.3 Å². The Bertz CT molecular complexity index is 1470. The summed E-state index contributed by atoms with van der Waals surface area (Å²) in [5, 5.41) is 18.9. The molecule has 1 amide bonds. The summed E-state index contributed by atoms with van der Waals surface area (Å²) in [4.78, 5) is 22.0. The average molecular weight is 449 g/mol. The Balaban J connectivity index is 1.47. The van der Waals surface area contributed by atoms with Crippen LogP contribution in [0.1, 0.15) is 15.9 Å². The predicted octanol–water partition coefficient (Wildman–Crippen LogP) is 5.18. The smallest absolute Gasteiger partial charge is 0.261 e. The topological polar surface area (TPSA) is 96.5 Å². The lowest BCUT2D eigenvalue weighted by atomic mass is 10.1. The molecule has 0 fully saturated rings. The van der Waals surface area contributed by atoms with Gasteiger partial charge in [-0.05, 0) is 24.3 Å². The van der Waals surface area contributed by atoms with Crippen LogP contribution < -0.4 is 5.32 Å². The van der Waals surface area contributed by atoms with Crippen LogP contribution in [0.3, 0.4) is 0 Å². The number of nitriles is 1. The Morgan fingerprint density at radius 1 is 1.00 bits per heavy atom. The van der Waals surface area contributed by atoms with Gasteiger partial charge in [0.2, 0.25) is 0 Å². The molecule has 0 unspecified atom stereocenters. The highest BCUT2D eigenvalue weighted by atomic mass is 32.1. The van der Waals surface area contributed by atoms with Crippen molar-refractivity contribution < 1.29 is 4.79 Å². The normalized spacial score (nSPS) is 10.5. The van der Waals surface area contributed by atoms with Gasteiger partial charge < -0.3 is 0 Å². The maximum Gasteiger partial charge on any atom is 0.261 e. The number of carbonyl (C=O) groups is 1. The van der Waals surface area contributed by atoms with Gasteiger partial charge >= 0.3 is 0 Å². The van der Waals surface area contributed by atoms with Gasteiger partial charge in [0.25, 0.3) is 5.91 Å². The zero-order valence-corrected chi connectivity index (χ0v) is 18.0. The maximum atomic E-state index is 13.2. The molecule has 3 heterocycles. The minimum absolute atomic E-state index is 0.310. The minimum atomic E-state index is -0.310. The number of para-hydroxylation sites is 1. The second-order valence-electron chi connectivity index (χ2n) is 7.07. The number of hydrogen-bond donors (Lipinski definition) is 1. The lowest BCUT2D eigenvalue weighted by Gasteiger charge is -2.02. The quantitative estimate of drug-likeness (QED) is 0.399. The van der Waals surface area contributed by atoms with Gasteiger partial charge in [0.15, 0.2) is 5.13 Å². The van der Waals surface area contributed by atoms with Gasteiger partial charge in [0.1, 0.15) is 11.4 Å². The molecular formula is C25H16N6OS. The molecule has 33 heavy (non-hydrogen) atoms. The zero-order valence-electron chi connectivity index (χ0n) is 17.2. The number of nitrogens with one attached hydrogen (secondary N) is 1. The summed E-state index contributed by atoms with van der Waals surface area (Å²) >= 11 is 1.29. The lowest BCUT2D eigenvalue weighted by molar-refractivity contribution is 0.102. The molecule has 8 heteroatoms. The molecule has 0 aliphatic heterocycles. The lowest BCUT2D eigenvalue weighted by Crippen LogP contribution is -2.12. The van der Waals surface area contributed by atoms with E-state index >= 15 is 0 Å². The fourth-order valence-corrected chi connectivity index (χ4v) is 4.02. The molecule has 0 radical (unpaired) electrons. The summed E-state index contributed by atoms with van der Waals surface area (Å²) in [6, 6.07) is 24.6. The third-order valence-corrected chi connectivity index (χ3v) is 5.66. The Morgan fingerprint density at radius 3 is 2.52 bits per heavy atom. The highest BCUT2D eigenvalue weighted by Gasteiger charge is 2.20. The van der Waals surface area contributed by atoms with E-state index in [1.165, 1.54) is 11.3 Å². The van der Waals surface area contributed by atoms with Crippen molar-refractivity contribution in [3.8, 4) is 34.4 Å². The summed E-state index contributed by atoms with van der Waals surface area (Å²) in [5.41, 5.74) is 4.38. The van der Waals surface area contributed by atoms with Crippen LogP contribution in [0.15, 0.2) is 90.6 Å². The van der Waals surface area contributed by atoms with Gasteiger partial charge in [-0.3, -0.25) is 15.1 Å². The molecule has 5 rings (SSSR count). The van der Waals surface area contributed by atoms with Crippen molar-refractivity contribution in [2.45, 2.75) is 0 Å². The SMILES string of the molecule is N#Cc1ccnc(-c2csc(NC(=O)c3cn(-c4ccccc4)nc3-c3ccccc3)n2)c1. The molecule has 0 spiro atoms. The van der Waals surface area contributed by atoms with E-state index in [0.29, 0.717) is 33.3 Å². The van der Waals surface area contributed by atoms with E-state index in [1.54, 1.807) is 34.6 Å². The molecule has 0 aliphatic rings. The fraction of sp³-hybridized carbons (Fsp3) is 0. The molecule has 2 aromatic carbocycles. The van der Waals surface area contributed by atoms with E-state index in [0.717, 1.165) is 11.3 Å². The monoisotopic (exact) mass is 448 g/mol. The predicted molar refractivity (Wildman–Crippen MR) is 127 cm³/mol. The Hall–Kier alpha value is -4.61. The molecule has 0 bridgehead atoms. The van der Waals surface area contributed by atoms with Gasteiger partial charge in [-0.15, -0.1) is 11.3 Å². The summed E-state index contributed by atoms with van der Waals surface area (Å²) in [7, 11) is 0. The molecular weight excluding hydrogens is 432 g/mol. The number of hydrogen-bond acceptors (Lipinski definition) is 6. The van der Waals surface area contributed by atoms with E-state index in [1.807, 2.05) is 60.7 Å². The van der Waals surface area contributed by atoms with Crippen molar-refractivity contribution in [2.75, 3.05) is 5.32 Å². The summed E-state index contributed by atoms with van der Waals surface area (Å²) in [5.74, 6) is -0.310. The number of rotatable bonds is 5. The molecule has 3 aromatic heterocycles. The first-order valence-corrected chi connectivity index (χ1v) is 10.9. The first-order valence-electron chi connectivity index (χ1n) is 10.1. The average Bonchev–Trinajstić information content (AvgIpc) is 3.53. The third kappa shape index (κ3) is 4.26. The van der Waals surface area contributed by atoms with E-state index in [2.05, 4.69) is 26.5 Å². The number of benzene rings is 2. The Morgan fingerprint density at radius 2 is 1.76 bits per heavy atom. The molecule has 0 atom stereocenters. The van der Waals surface area contributed by atoms with Gasteiger partial charge in [0, 0.05) is 23.3 Å². The van der Waals surface area contributed by atoms with Crippen LogP contribution in [0, 0.1) is 11.3 Å². The van der Waals surface area contributed by atoms with Crippen LogP contribution in [-0.2, 0) is 0 Å². The summed E-state index contributed by atoms with van der Waals surface area (Å²) in [6.07, 6.45) is 3.29. The first-order chi connectivity index (χ1) is 16.2. The Labute approximate surface area is 193 Å². The van der Waals surface area contributed by atoms with Crippen molar-refractivity contribution in [3.63, 3.8) is 0 Å². The van der Waals surface area contributed by atoms with Crippen molar-refractivity contribution in [1.29, 1.82) is 5.26 Å². The summed E-state index contributed by atoms with van der Waals surface area (Å²) < 4.78 is 1.70. The van der Waals surface area contributed by atoms with Crippen molar-refractivity contribution in [3.05, 3.63) is 102 Å². The molecule has 7 nitrogen and oxygen atoms in total. The van der Waals surface area contributed by atoms with Crippen LogP contribution in [0.2, 0.25) is 0 Å². The second-order valence-corrected chi connectivity index (χ2v) is 7.93. The van der Waals surface area contributed by atoms with Crippen LogP contribution in [0.5, 0.6) is 0 Å². The van der Waals surface area contributed by atoms with E-state index in [4.69, 9.17) is 5.26 Å².